The van der Waals surface area contributed by atoms with E-state index >= 15 is 0 Å². The average Bonchev–Trinajstić information content (AvgIpc) is 2.77. The minimum Gasteiger partial charge on any atom is -0.497 e. The molecule has 3 aromatic rings. The molecule has 3 rings (SSSR count). The zero-order valence-corrected chi connectivity index (χ0v) is 16.5. The van der Waals surface area contributed by atoms with Crippen LogP contribution in [-0.2, 0) is 4.74 Å². The van der Waals surface area contributed by atoms with Gasteiger partial charge in [0, 0.05) is 23.3 Å². The summed E-state index contributed by atoms with van der Waals surface area (Å²) >= 11 is 6.03. The van der Waals surface area contributed by atoms with Crippen LogP contribution in [0.4, 0.5) is 5.69 Å². The van der Waals surface area contributed by atoms with Crippen LogP contribution >= 0.6 is 11.6 Å². The number of rotatable bonds is 7. The fraction of sp³-hybridized carbons (Fsp3) is 0.0909. The fourth-order valence-corrected chi connectivity index (χ4v) is 2.96. The molecule has 0 aliphatic carbocycles. The molecular formula is C22H16ClNO6. The van der Waals surface area contributed by atoms with Gasteiger partial charge in [0.15, 0.2) is 6.10 Å². The van der Waals surface area contributed by atoms with Crippen LogP contribution in [0.3, 0.4) is 0 Å². The highest BCUT2D eigenvalue weighted by atomic mass is 35.5. The lowest BCUT2D eigenvalue weighted by Crippen LogP contribution is -2.20. The number of hydrogen-bond donors (Lipinski definition) is 0. The molecule has 0 radical (unpaired) electrons. The highest BCUT2D eigenvalue weighted by Gasteiger charge is 2.28. The highest BCUT2D eigenvalue weighted by Crippen LogP contribution is 2.28. The molecule has 0 saturated carbocycles. The Morgan fingerprint density at radius 1 is 1.00 bits per heavy atom. The highest BCUT2D eigenvalue weighted by molar-refractivity contribution is 6.33. The lowest BCUT2D eigenvalue weighted by Gasteiger charge is -2.18. The van der Waals surface area contributed by atoms with Gasteiger partial charge < -0.3 is 9.47 Å². The van der Waals surface area contributed by atoms with Crippen molar-refractivity contribution in [1.82, 2.24) is 0 Å². The number of carbonyl (C=O) groups is 2. The normalized spacial score (nSPS) is 11.4. The molecule has 0 amide bonds. The van der Waals surface area contributed by atoms with Crippen molar-refractivity contribution in [2.24, 2.45) is 0 Å². The summed E-state index contributed by atoms with van der Waals surface area (Å²) in [6.07, 6.45) is -1.26. The summed E-state index contributed by atoms with van der Waals surface area (Å²) in [7, 11) is 1.51. The number of Topliss-reactive ketones (excluding diaryl/α,β-unsaturated/α-hetero) is 1. The van der Waals surface area contributed by atoms with Gasteiger partial charge in [-0.25, -0.2) is 4.79 Å². The summed E-state index contributed by atoms with van der Waals surface area (Å²) in [6.45, 7) is 0. The number of benzene rings is 3. The summed E-state index contributed by atoms with van der Waals surface area (Å²) in [5, 5.41) is 11.0. The van der Waals surface area contributed by atoms with E-state index in [1.807, 2.05) is 0 Å². The largest absolute Gasteiger partial charge is 0.497 e. The predicted molar refractivity (Wildman–Crippen MR) is 110 cm³/mol. The van der Waals surface area contributed by atoms with Crippen molar-refractivity contribution in [2.45, 2.75) is 6.10 Å². The van der Waals surface area contributed by atoms with E-state index in [0.29, 0.717) is 16.9 Å². The van der Waals surface area contributed by atoms with Gasteiger partial charge in [0.1, 0.15) is 5.75 Å². The molecular weight excluding hydrogens is 410 g/mol. The Morgan fingerprint density at radius 3 is 2.27 bits per heavy atom. The summed E-state index contributed by atoms with van der Waals surface area (Å²) in [5.41, 5.74) is 0.245. The Bertz CT molecular complexity index is 1080. The third kappa shape index (κ3) is 4.64. The molecule has 0 saturated heterocycles. The first-order chi connectivity index (χ1) is 14.4. The van der Waals surface area contributed by atoms with E-state index in [9.17, 15) is 19.7 Å². The molecule has 0 unspecified atom stereocenters. The lowest BCUT2D eigenvalue weighted by molar-refractivity contribution is -0.384. The van der Waals surface area contributed by atoms with Crippen molar-refractivity contribution in [3.63, 3.8) is 0 Å². The Morgan fingerprint density at radius 2 is 1.67 bits per heavy atom. The number of nitro groups is 1. The van der Waals surface area contributed by atoms with Crippen LogP contribution in [0.2, 0.25) is 5.02 Å². The number of nitro benzene ring substituents is 1. The number of methoxy groups -OCH3 is 1. The van der Waals surface area contributed by atoms with E-state index in [0.717, 1.165) is 6.07 Å². The maximum absolute atomic E-state index is 13.1. The van der Waals surface area contributed by atoms with Crippen molar-refractivity contribution < 1.29 is 24.0 Å². The summed E-state index contributed by atoms with van der Waals surface area (Å²) in [6, 6.07) is 18.3. The monoisotopic (exact) mass is 425 g/mol. The minimum absolute atomic E-state index is 0.0192. The van der Waals surface area contributed by atoms with Crippen LogP contribution in [0.15, 0.2) is 72.8 Å². The number of ketones is 1. The number of nitrogens with zero attached hydrogens (tertiary/aromatic N) is 1. The first kappa shape index (κ1) is 21.0. The molecule has 0 N–H and O–H groups in total. The van der Waals surface area contributed by atoms with Crippen LogP contribution in [0.1, 0.15) is 32.4 Å². The SMILES string of the molecule is COc1ccc(C(=O)[C@H](OC(=O)c2cc([N+](=O)[O-])ccc2Cl)c2ccccc2)cc1. The van der Waals surface area contributed by atoms with Gasteiger partial charge in [-0.1, -0.05) is 41.9 Å². The van der Waals surface area contributed by atoms with Gasteiger partial charge in [-0.05, 0) is 30.3 Å². The van der Waals surface area contributed by atoms with Gasteiger partial charge >= 0.3 is 5.97 Å². The van der Waals surface area contributed by atoms with Gasteiger partial charge in [0.25, 0.3) is 5.69 Å². The topological polar surface area (TPSA) is 95.7 Å². The van der Waals surface area contributed by atoms with Crippen LogP contribution in [0.5, 0.6) is 5.75 Å². The number of esters is 1. The third-order valence-electron chi connectivity index (χ3n) is 4.32. The number of non-ortho nitro benzene ring substituents is 1. The van der Waals surface area contributed by atoms with Gasteiger partial charge in [0.2, 0.25) is 5.78 Å². The maximum atomic E-state index is 13.1. The second kappa shape index (κ2) is 9.19. The standard InChI is InChI=1S/C22H16ClNO6/c1-29-17-10-7-14(8-11-17)20(25)21(15-5-3-2-4-6-15)30-22(26)18-13-16(24(27)28)9-12-19(18)23/h2-13,21H,1H3/t21-/m1/s1. The Labute approximate surface area is 177 Å². The predicted octanol–water partition coefficient (Wildman–Crippen LogP) is 5.04. The second-order valence-corrected chi connectivity index (χ2v) is 6.62. The van der Waals surface area contributed by atoms with E-state index in [4.69, 9.17) is 21.1 Å². The first-order valence-electron chi connectivity index (χ1n) is 8.79. The van der Waals surface area contributed by atoms with Crippen LogP contribution < -0.4 is 4.74 Å². The number of ether oxygens (including phenoxy) is 2. The Balaban J connectivity index is 1.95. The van der Waals surface area contributed by atoms with E-state index in [-0.39, 0.29) is 16.3 Å². The number of halogens is 1. The molecule has 0 spiro atoms. The van der Waals surface area contributed by atoms with Gasteiger partial charge in [0.05, 0.1) is 22.6 Å². The van der Waals surface area contributed by atoms with E-state index in [1.165, 1.54) is 19.2 Å². The van der Waals surface area contributed by atoms with Crippen molar-refractivity contribution in [3.05, 3.63) is 105 Å². The molecule has 0 aliphatic heterocycles. The minimum atomic E-state index is -1.26. The van der Waals surface area contributed by atoms with Gasteiger partial charge in [-0.15, -0.1) is 0 Å². The second-order valence-electron chi connectivity index (χ2n) is 6.21. The molecule has 3 aromatic carbocycles. The van der Waals surface area contributed by atoms with E-state index < -0.39 is 22.8 Å². The van der Waals surface area contributed by atoms with Crippen LogP contribution in [-0.4, -0.2) is 23.8 Å². The summed E-state index contributed by atoms with van der Waals surface area (Å²) < 4.78 is 10.6. The zero-order valence-electron chi connectivity index (χ0n) is 15.8. The molecule has 7 nitrogen and oxygen atoms in total. The number of carbonyl (C=O) groups excluding carboxylic acids is 2. The quantitative estimate of drug-likeness (QED) is 0.228. The molecule has 0 heterocycles. The Hall–Kier alpha value is -3.71. The maximum Gasteiger partial charge on any atom is 0.340 e. The fourth-order valence-electron chi connectivity index (χ4n) is 2.76. The van der Waals surface area contributed by atoms with Crippen molar-refractivity contribution in [2.75, 3.05) is 7.11 Å². The molecule has 0 bridgehead atoms. The van der Waals surface area contributed by atoms with E-state index in [1.54, 1.807) is 54.6 Å². The summed E-state index contributed by atoms with van der Waals surface area (Å²) in [4.78, 5) is 36.2. The molecule has 0 fully saturated rings. The van der Waals surface area contributed by atoms with Crippen LogP contribution in [0, 0.1) is 10.1 Å². The smallest absolute Gasteiger partial charge is 0.340 e. The van der Waals surface area contributed by atoms with Crippen molar-refractivity contribution in [3.8, 4) is 5.75 Å². The average molecular weight is 426 g/mol. The molecule has 0 aliphatic rings. The van der Waals surface area contributed by atoms with Crippen molar-refractivity contribution >= 4 is 29.0 Å². The van der Waals surface area contributed by atoms with Crippen molar-refractivity contribution in [1.29, 1.82) is 0 Å². The first-order valence-corrected chi connectivity index (χ1v) is 9.16. The molecule has 0 aromatic heterocycles. The molecule has 152 valence electrons. The van der Waals surface area contributed by atoms with Gasteiger partial charge in [-0.3, -0.25) is 14.9 Å². The summed E-state index contributed by atoms with van der Waals surface area (Å²) in [5.74, 6) is -0.832. The zero-order chi connectivity index (χ0) is 21.7. The van der Waals surface area contributed by atoms with Gasteiger partial charge in [-0.2, -0.15) is 0 Å². The molecule has 1 atom stereocenters. The number of hydrogen-bond acceptors (Lipinski definition) is 6. The Kier molecular flexibility index (Phi) is 6.44. The van der Waals surface area contributed by atoms with Crippen LogP contribution in [0.25, 0.3) is 0 Å². The lowest BCUT2D eigenvalue weighted by atomic mass is 9.99. The molecule has 30 heavy (non-hydrogen) atoms. The third-order valence-corrected chi connectivity index (χ3v) is 4.65. The van der Waals surface area contributed by atoms with E-state index in [2.05, 4.69) is 0 Å². The molecule has 8 heteroatoms.